The van der Waals surface area contributed by atoms with Crippen molar-refractivity contribution in [3.63, 3.8) is 0 Å². The summed E-state index contributed by atoms with van der Waals surface area (Å²) in [5, 5.41) is -2.81. The van der Waals surface area contributed by atoms with Crippen LogP contribution in [0.5, 0.6) is 0 Å². The maximum Gasteiger partial charge on any atom is 0.357 e. The summed E-state index contributed by atoms with van der Waals surface area (Å²) < 4.78 is 22.6. The predicted octanol–water partition coefficient (Wildman–Crippen LogP) is 0.252. The summed E-state index contributed by atoms with van der Waals surface area (Å²) >= 11 is 0. The highest BCUT2D eigenvalue weighted by atomic mass is 31.2. The first-order valence-corrected chi connectivity index (χ1v) is 9.37. The molecule has 2 atom stereocenters. The minimum atomic E-state index is -5.12. The largest absolute Gasteiger partial charge is 0.357 e. The lowest BCUT2D eigenvalue weighted by molar-refractivity contribution is 0.259. The van der Waals surface area contributed by atoms with Crippen LogP contribution in [0.3, 0.4) is 0 Å². The monoisotopic (exact) mass is 316 g/mol. The van der Waals surface area contributed by atoms with Gasteiger partial charge in [0.05, 0.1) is 0 Å². The van der Waals surface area contributed by atoms with Gasteiger partial charge in [-0.15, -0.1) is 0 Å². The third kappa shape index (κ3) is 3.86. The molecule has 0 aliphatic heterocycles. The van der Waals surface area contributed by atoms with E-state index in [1.165, 1.54) is 0 Å². The second-order valence-electron chi connectivity index (χ2n) is 5.21. The molecule has 1 aliphatic rings. The fourth-order valence-corrected chi connectivity index (χ4v) is 4.65. The third-order valence-electron chi connectivity index (χ3n) is 3.86. The fourth-order valence-electron chi connectivity index (χ4n) is 2.45. The van der Waals surface area contributed by atoms with E-state index in [4.69, 9.17) is 31.0 Å². The molecule has 0 amide bonds. The van der Waals surface area contributed by atoms with E-state index in [0.29, 0.717) is 0 Å². The topological polar surface area (TPSA) is 167 Å². The SMILES string of the molecule is NC1CCCCC1CCC(N)(P(=O)(O)O)P(=O)(O)O. The van der Waals surface area contributed by atoms with Crippen molar-refractivity contribution in [2.45, 2.75) is 49.6 Å². The molecular weight excluding hydrogens is 294 g/mol. The molecular formula is C9H22N2O6P2. The molecule has 0 aromatic rings. The summed E-state index contributed by atoms with van der Waals surface area (Å²) in [6, 6.07) is -0.105. The smallest absolute Gasteiger partial charge is 0.327 e. The first-order chi connectivity index (χ1) is 8.49. The van der Waals surface area contributed by atoms with E-state index in [0.717, 1.165) is 25.7 Å². The first kappa shape index (κ1) is 17.3. The van der Waals surface area contributed by atoms with Crippen LogP contribution in [0.2, 0.25) is 0 Å². The van der Waals surface area contributed by atoms with Gasteiger partial charge in [0.15, 0.2) is 0 Å². The van der Waals surface area contributed by atoms with Gasteiger partial charge in [0.25, 0.3) is 0 Å². The van der Waals surface area contributed by atoms with Crippen LogP contribution in [0.1, 0.15) is 38.5 Å². The first-order valence-electron chi connectivity index (χ1n) is 6.15. The third-order valence-corrected chi connectivity index (χ3v) is 7.89. The van der Waals surface area contributed by atoms with Crippen molar-refractivity contribution in [2.24, 2.45) is 17.4 Å². The van der Waals surface area contributed by atoms with Crippen LogP contribution in [0.15, 0.2) is 0 Å². The van der Waals surface area contributed by atoms with Crippen molar-refractivity contribution in [3.8, 4) is 0 Å². The van der Waals surface area contributed by atoms with Gasteiger partial charge in [-0.05, 0) is 31.6 Å². The standard InChI is InChI=1S/C9H22N2O6P2/c10-8-4-2-1-3-7(8)5-6-9(11,18(12,13)14)19(15,16)17/h7-8H,1-6,10-11H2,(H2,12,13,14)(H2,15,16,17). The van der Waals surface area contributed by atoms with E-state index in [2.05, 4.69) is 0 Å². The van der Waals surface area contributed by atoms with Crippen LogP contribution in [-0.2, 0) is 9.13 Å². The van der Waals surface area contributed by atoms with E-state index in [1.807, 2.05) is 0 Å². The summed E-state index contributed by atoms with van der Waals surface area (Å²) in [6.45, 7) is 0. The van der Waals surface area contributed by atoms with Gasteiger partial charge >= 0.3 is 15.2 Å². The summed E-state index contributed by atoms with van der Waals surface area (Å²) in [5.74, 6) is -0.00484. The van der Waals surface area contributed by atoms with E-state index in [-0.39, 0.29) is 18.4 Å². The second-order valence-corrected chi connectivity index (χ2v) is 9.34. The van der Waals surface area contributed by atoms with E-state index < -0.39 is 26.6 Å². The van der Waals surface area contributed by atoms with Gasteiger partial charge in [-0.25, -0.2) is 0 Å². The quantitative estimate of drug-likeness (QED) is 0.392. The molecule has 2 unspecified atom stereocenters. The van der Waals surface area contributed by atoms with E-state index in [1.54, 1.807) is 0 Å². The van der Waals surface area contributed by atoms with Crippen molar-refractivity contribution in [3.05, 3.63) is 0 Å². The molecule has 8 nitrogen and oxygen atoms in total. The van der Waals surface area contributed by atoms with Gasteiger partial charge in [0.2, 0.25) is 5.02 Å². The fraction of sp³-hybridized carbons (Fsp3) is 1.00. The van der Waals surface area contributed by atoms with Crippen molar-refractivity contribution in [1.82, 2.24) is 0 Å². The number of hydrogen-bond donors (Lipinski definition) is 6. The number of hydrogen-bond acceptors (Lipinski definition) is 4. The van der Waals surface area contributed by atoms with Crippen LogP contribution in [0.4, 0.5) is 0 Å². The van der Waals surface area contributed by atoms with Gasteiger partial charge in [-0.2, -0.15) is 0 Å². The highest BCUT2D eigenvalue weighted by molar-refractivity contribution is 7.72. The van der Waals surface area contributed by atoms with Crippen LogP contribution >= 0.6 is 15.2 Å². The zero-order chi connectivity index (χ0) is 14.9. The minimum absolute atomic E-state index is 0.00484. The van der Waals surface area contributed by atoms with Crippen molar-refractivity contribution < 1.29 is 28.7 Å². The molecule has 10 heteroatoms. The lowest BCUT2D eigenvalue weighted by atomic mass is 9.82. The molecule has 1 fully saturated rings. The molecule has 0 aromatic heterocycles. The van der Waals surface area contributed by atoms with Gasteiger partial charge in [0.1, 0.15) is 0 Å². The zero-order valence-electron chi connectivity index (χ0n) is 10.6. The van der Waals surface area contributed by atoms with Crippen molar-refractivity contribution >= 4 is 15.2 Å². The molecule has 1 rings (SSSR count). The molecule has 8 N–H and O–H groups in total. The summed E-state index contributed by atoms with van der Waals surface area (Å²) in [5.41, 5.74) is 11.2. The zero-order valence-corrected chi connectivity index (χ0v) is 12.3. The number of nitrogens with two attached hydrogens (primary N) is 2. The molecule has 0 spiro atoms. The summed E-state index contributed by atoms with van der Waals surface area (Å²) in [7, 11) is -10.2. The molecule has 1 saturated carbocycles. The predicted molar refractivity (Wildman–Crippen MR) is 70.2 cm³/mol. The maximum absolute atomic E-state index is 11.3. The van der Waals surface area contributed by atoms with Crippen LogP contribution in [-0.4, -0.2) is 30.6 Å². The molecule has 0 bridgehead atoms. The second kappa shape index (κ2) is 5.92. The minimum Gasteiger partial charge on any atom is -0.327 e. The molecule has 1 aliphatic carbocycles. The van der Waals surface area contributed by atoms with Crippen molar-refractivity contribution in [1.29, 1.82) is 0 Å². The molecule has 0 heterocycles. The Balaban J connectivity index is 2.81. The Kier molecular flexibility index (Phi) is 5.38. The Bertz CT molecular complexity index is 384. The molecule has 0 aromatic carbocycles. The van der Waals surface area contributed by atoms with Gasteiger partial charge < -0.3 is 31.0 Å². The Morgan fingerprint density at radius 1 is 1.05 bits per heavy atom. The Morgan fingerprint density at radius 3 is 1.95 bits per heavy atom. The van der Waals surface area contributed by atoms with Gasteiger partial charge in [-0.3, -0.25) is 9.13 Å². The average molecular weight is 316 g/mol. The molecule has 0 radical (unpaired) electrons. The molecule has 0 saturated heterocycles. The lowest BCUT2D eigenvalue weighted by Crippen LogP contribution is -2.41. The van der Waals surface area contributed by atoms with Gasteiger partial charge in [0, 0.05) is 6.04 Å². The summed E-state index contributed by atoms with van der Waals surface area (Å²) in [4.78, 5) is 36.5. The maximum atomic E-state index is 11.3. The summed E-state index contributed by atoms with van der Waals surface area (Å²) in [6.07, 6.45) is 3.33. The highest BCUT2D eigenvalue weighted by Gasteiger charge is 2.57. The average Bonchev–Trinajstić information content (AvgIpc) is 2.24. The number of rotatable bonds is 5. The van der Waals surface area contributed by atoms with E-state index in [9.17, 15) is 9.13 Å². The van der Waals surface area contributed by atoms with Crippen molar-refractivity contribution in [2.75, 3.05) is 0 Å². The molecule has 114 valence electrons. The lowest BCUT2D eigenvalue weighted by Gasteiger charge is -2.34. The Morgan fingerprint density at radius 2 is 1.53 bits per heavy atom. The van der Waals surface area contributed by atoms with Gasteiger partial charge in [-0.1, -0.05) is 12.8 Å². The highest BCUT2D eigenvalue weighted by Crippen LogP contribution is 2.67. The van der Waals surface area contributed by atoms with Crippen LogP contribution in [0.25, 0.3) is 0 Å². The van der Waals surface area contributed by atoms with Crippen LogP contribution < -0.4 is 11.5 Å². The van der Waals surface area contributed by atoms with E-state index >= 15 is 0 Å². The Hall–Kier alpha value is 0.220. The normalized spacial score (nSPS) is 26.4. The Labute approximate surface area is 111 Å². The molecule has 19 heavy (non-hydrogen) atoms. The van der Waals surface area contributed by atoms with Crippen LogP contribution in [0, 0.1) is 5.92 Å².